The van der Waals surface area contributed by atoms with E-state index in [0.29, 0.717) is 10.2 Å². The molecule has 0 atom stereocenters. The van der Waals surface area contributed by atoms with Crippen LogP contribution in [0.5, 0.6) is 0 Å². The highest BCUT2D eigenvalue weighted by molar-refractivity contribution is 9.10. The molecule has 0 bridgehead atoms. The van der Waals surface area contributed by atoms with Crippen LogP contribution in [0, 0.1) is 11.6 Å². The number of rotatable bonds is 3. The van der Waals surface area contributed by atoms with Gasteiger partial charge in [-0.25, -0.2) is 19.6 Å². The van der Waals surface area contributed by atoms with Crippen LogP contribution in [0.2, 0.25) is 0 Å². The van der Waals surface area contributed by atoms with E-state index in [9.17, 15) is 8.78 Å². The largest absolute Gasteiger partial charge is 0.337 e. The minimum absolute atomic E-state index is 0.0476. The molecule has 1 heterocycles. The first kappa shape index (κ1) is 12.7. The Bertz CT molecular complexity index is 578. The van der Waals surface area contributed by atoms with Crippen LogP contribution in [-0.4, -0.2) is 9.97 Å². The second-order valence-electron chi connectivity index (χ2n) is 3.28. The van der Waals surface area contributed by atoms with Crippen LogP contribution in [0.3, 0.4) is 0 Å². The number of hydrogen-bond acceptors (Lipinski definition) is 5. The molecule has 1 aromatic carbocycles. The summed E-state index contributed by atoms with van der Waals surface area (Å²) in [5.74, 6) is 3.93. The van der Waals surface area contributed by atoms with E-state index < -0.39 is 11.6 Å². The van der Waals surface area contributed by atoms with Gasteiger partial charge in [0.15, 0.2) is 11.6 Å². The summed E-state index contributed by atoms with van der Waals surface area (Å²) in [6.45, 7) is 0. The van der Waals surface area contributed by atoms with Crippen molar-refractivity contribution in [2.24, 2.45) is 5.84 Å². The predicted octanol–water partition coefficient (Wildman–Crippen LogP) is 2.55. The van der Waals surface area contributed by atoms with Gasteiger partial charge in [-0.2, -0.15) is 4.98 Å². The average Bonchev–Trinajstić information content (AvgIpc) is 2.36. The highest BCUT2D eigenvalue weighted by atomic mass is 79.9. The molecule has 0 aliphatic carbocycles. The number of halogens is 3. The van der Waals surface area contributed by atoms with Gasteiger partial charge in [-0.1, -0.05) is 0 Å². The Morgan fingerprint density at radius 1 is 1.28 bits per heavy atom. The maximum atomic E-state index is 13.5. The molecule has 0 saturated carbocycles. The molecule has 2 rings (SSSR count). The monoisotopic (exact) mass is 315 g/mol. The minimum atomic E-state index is -0.676. The van der Waals surface area contributed by atoms with Crippen LogP contribution in [0.25, 0.3) is 0 Å². The first-order valence-electron chi connectivity index (χ1n) is 4.81. The van der Waals surface area contributed by atoms with Gasteiger partial charge >= 0.3 is 0 Å². The topological polar surface area (TPSA) is 75.9 Å². The number of aromatic nitrogens is 2. The summed E-state index contributed by atoms with van der Waals surface area (Å²) >= 11 is 3.21. The van der Waals surface area contributed by atoms with Crippen molar-refractivity contribution in [1.82, 2.24) is 9.97 Å². The zero-order chi connectivity index (χ0) is 13.1. The highest BCUT2D eigenvalue weighted by Gasteiger charge is 2.09. The SMILES string of the molecule is NNc1ncc(F)c(Nc2cc(F)ccc2Br)n1. The van der Waals surface area contributed by atoms with Crippen LogP contribution in [0.4, 0.5) is 26.2 Å². The van der Waals surface area contributed by atoms with Crippen LogP contribution in [-0.2, 0) is 0 Å². The zero-order valence-corrected chi connectivity index (χ0v) is 10.5. The smallest absolute Gasteiger partial charge is 0.239 e. The lowest BCUT2D eigenvalue weighted by Gasteiger charge is -2.09. The van der Waals surface area contributed by atoms with Gasteiger partial charge in [0.1, 0.15) is 5.82 Å². The standard InChI is InChI=1S/C10H8BrF2N5/c11-6-2-1-5(12)3-8(6)16-9-7(13)4-15-10(17-9)18-14/h1-4H,14H2,(H2,15,16,17,18). The average molecular weight is 316 g/mol. The number of anilines is 3. The second-order valence-corrected chi connectivity index (χ2v) is 4.14. The molecule has 0 fully saturated rings. The Labute approximate surface area is 110 Å². The molecule has 0 radical (unpaired) electrons. The van der Waals surface area contributed by atoms with Crippen molar-refractivity contribution < 1.29 is 8.78 Å². The molecule has 5 nitrogen and oxygen atoms in total. The minimum Gasteiger partial charge on any atom is -0.337 e. The van der Waals surface area contributed by atoms with E-state index in [1.807, 2.05) is 0 Å². The van der Waals surface area contributed by atoms with Crippen LogP contribution >= 0.6 is 15.9 Å². The maximum Gasteiger partial charge on any atom is 0.239 e. The number of hydrazine groups is 1. The van der Waals surface area contributed by atoms with E-state index in [4.69, 9.17) is 5.84 Å². The lowest BCUT2D eigenvalue weighted by Crippen LogP contribution is -2.12. The van der Waals surface area contributed by atoms with Crippen molar-refractivity contribution in [3.05, 3.63) is 40.5 Å². The molecule has 0 spiro atoms. The van der Waals surface area contributed by atoms with E-state index in [2.05, 4.69) is 36.6 Å². The number of nitrogens with one attached hydrogen (secondary N) is 2. The van der Waals surface area contributed by atoms with Crippen molar-refractivity contribution in [1.29, 1.82) is 0 Å². The highest BCUT2D eigenvalue weighted by Crippen LogP contribution is 2.27. The molecular formula is C10H8BrF2N5. The van der Waals surface area contributed by atoms with E-state index in [-0.39, 0.29) is 11.8 Å². The predicted molar refractivity (Wildman–Crippen MR) is 67.2 cm³/mol. The molecule has 0 aliphatic rings. The summed E-state index contributed by atoms with van der Waals surface area (Å²) in [4.78, 5) is 7.37. The Balaban J connectivity index is 2.36. The van der Waals surface area contributed by atoms with Crippen LogP contribution < -0.4 is 16.6 Å². The van der Waals surface area contributed by atoms with Gasteiger partial charge < -0.3 is 5.32 Å². The van der Waals surface area contributed by atoms with E-state index in [1.54, 1.807) is 0 Å². The normalized spacial score (nSPS) is 10.2. The fourth-order valence-corrected chi connectivity index (χ4v) is 1.59. The van der Waals surface area contributed by atoms with Crippen molar-refractivity contribution in [2.45, 2.75) is 0 Å². The first-order chi connectivity index (χ1) is 8.60. The molecule has 0 saturated heterocycles. The van der Waals surface area contributed by atoms with Crippen molar-refractivity contribution in [2.75, 3.05) is 10.7 Å². The molecule has 0 amide bonds. The van der Waals surface area contributed by atoms with Crippen molar-refractivity contribution in [3.63, 3.8) is 0 Å². The second kappa shape index (κ2) is 5.23. The third-order valence-corrected chi connectivity index (χ3v) is 2.75. The molecule has 0 aliphatic heterocycles. The summed E-state index contributed by atoms with van der Waals surface area (Å²) in [5, 5.41) is 2.65. The van der Waals surface area contributed by atoms with Gasteiger partial charge in [0.25, 0.3) is 0 Å². The number of hydrogen-bond donors (Lipinski definition) is 3. The molecule has 18 heavy (non-hydrogen) atoms. The summed E-state index contributed by atoms with van der Waals surface area (Å²) in [5.41, 5.74) is 2.53. The maximum absolute atomic E-state index is 13.5. The van der Waals surface area contributed by atoms with Gasteiger partial charge in [-0.15, -0.1) is 0 Å². The molecule has 94 valence electrons. The van der Waals surface area contributed by atoms with Crippen LogP contribution in [0.15, 0.2) is 28.9 Å². The lowest BCUT2D eigenvalue weighted by atomic mass is 10.3. The summed E-state index contributed by atoms with van der Waals surface area (Å²) in [7, 11) is 0. The molecule has 0 unspecified atom stereocenters. The number of nitrogen functional groups attached to an aromatic ring is 1. The third kappa shape index (κ3) is 2.71. The molecular weight excluding hydrogens is 308 g/mol. The fraction of sp³-hybridized carbons (Fsp3) is 0. The lowest BCUT2D eigenvalue weighted by molar-refractivity contribution is 0.618. The van der Waals surface area contributed by atoms with Gasteiger partial charge in [0, 0.05) is 4.47 Å². The van der Waals surface area contributed by atoms with E-state index in [0.717, 1.165) is 6.20 Å². The summed E-state index contributed by atoms with van der Waals surface area (Å²) in [6, 6.07) is 3.98. The van der Waals surface area contributed by atoms with Crippen molar-refractivity contribution >= 4 is 33.4 Å². The molecule has 2 aromatic rings. The molecule has 1 aromatic heterocycles. The summed E-state index contributed by atoms with van der Waals surface area (Å²) < 4.78 is 27.1. The first-order valence-corrected chi connectivity index (χ1v) is 5.60. The summed E-state index contributed by atoms with van der Waals surface area (Å²) in [6.07, 6.45) is 0.956. The Hall–Kier alpha value is -1.80. The van der Waals surface area contributed by atoms with Gasteiger partial charge in [-0.05, 0) is 34.1 Å². The van der Waals surface area contributed by atoms with Gasteiger partial charge in [-0.3, -0.25) is 5.43 Å². The van der Waals surface area contributed by atoms with E-state index >= 15 is 0 Å². The Morgan fingerprint density at radius 3 is 2.78 bits per heavy atom. The van der Waals surface area contributed by atoms with Gasteiger partial charge in [0.2, 0.25) is 5.95 Å². The quantitative estimate of drug-likeness (QED) is 0.599. The fourth-order valence-electron chi connectivity index (χ4n) is 1.25. The van der Waals surface area contributed by atoms with Crippen LogP contribution in [0.1, 0.15) is 0 Å². The van der Waals surface area contributed by atoms with Crippen molar-refractivity contribution in [3.8, 4) is 0 Å². The number of nitrogens with zero attached hydrogens (tertiary/aromatic N) is 2. The zero-order valence-electron chi connectivity index (χ0n) is 8.92. The number of benzene rings is 1. The molecule has 4 N–H and O–H groups in total. The third-order valence-electron chi connectivity index (χ3n) is 2.05. The Morgan fingerprint density at radius 2 is 2.06 bits per heavy atom. The van der Waals surface area contributed by atoms with E-state index in [1.165, 1.54) is 18.2 Å². The Kier molecular flexibility index (Phi) is 3.68. The molecule has 8 heteroatoms. The number of nitrogens with two attached hydrogens (primary N) is 1. The van der Waals surface area contributed by atoms with Gasteiger partial charge in [0.05, 0.1) is 11.9 Å².